The summed E-state index contributed by atoms with van der Waals surface area (Å²) >= 11 is 0. The molecule has 3 aromatic rings. The first-order valence-corrected chi connectivity index (χ1v) is 10.1. The second-order valence-corrected chi connectivity index (χ2v) is 7.55. The summed E-state index contributed by atoms with van der Waals surface area (Å²) in [6.45, 7) is -0.811. The van der Waals surface area contributed by atoms with Gasteiger partial charge in [-0.15, -0.1) is 0 Å². The number of hydrogen-bond acceptors (Lipinski definition) is 8. The van der Waals surface area contributed by atoms with Crippen LogP contribution in [0, 0.1) is 18.3 Å². The van der Waals surface area contributed by atoms with Crippen LogP contribution in [-0.2, 0) is 4.74 Å². The lowest BCUT2D eigenvalue weighted by Crippen LogP contribution is -2.28. The lowest BCUT2D eigenvalue weighted by Gasteiger charge is -2.29. The first kappa shape index (κ1) is 21.0. The number of alkyl halides is 2. The Morgan fingerprint density at radius 2 is 2.00 bits per heavy atom. The van der Waals surface area contributed by atoms with Gasteiger partial charge in [-0.2, -0.15) is 13.9 Å². The van der Waals surface area contributed by atoms with Gasteiger partial charge in [0.25, 0.3) is 0 Å². The van der Waals surface area contributed by atoms with E-state index < -0.39 is 12.7 Å². The second kappa shape index (κ2) is 8.88. The molecule has 11 heteroatoms. The molecule has 1 fully saturated rings. The molecule has 0 saturated heterocycles. The molecule has 3 heterocycles. The Balaban J connectivity index is 1.53. The van der Waals surface area contributed by atoms with Crippen LogP contribution in [0.25, 0.3) is 5.65 Å². The van der Waals surface area contributed by atoms with Gasteiger partial charge in [0.15, 0.2) is 5.65 Å². The van der Waals surface area contributed by atoms with E-state index >= 15 is 0 Å². The van der Waals surface area contributed by atoms with Gasteiger partial charge in [0, 0.05) is 13.0 Å². The minimum Gasteiger partial charge on any atom is -0.385 e. The smallest absolute Gasteiger partial charge is 0.345 e. The highest BCUT2D eigenvalue weighted by molar-refractivity contribution is 6.02. The van der Waals surface area contributed by atoms with E-state index in [9.17, 15) is 8.78 Å². The molecule has 0 bridgehead atoms. The van der Waals surface area contributed by atoms with Crippen LogP contribution >= 0.6 is 0 Å². The quantitative estimate of drug-likeness (QED) is 0.489. The molecule has 9 nitrogen and oxygen atoms in total. The predicted molar refractivity (Wildman–Crippen MR) is 112 cm³/mol. The van der Waals surface area contributed by atoms with Gasteiger partial charge < -0.3 is 20.8 Å². The van der Waals surface area contributed by atoms with E-state index in [2.05, 4.69) is 35.4 Å². The molecule has 3 N–H and O–H groups in total. The summed E-state index contributed by atoms with van der Waals surface area (Å²) < 4.78 is 31.2. The summed E-state index contributed by atoms with van der Waals surface area (Å²) in [6, 6.07) is 1.90. The molecule has 1 saturated carbocycles. The second-order valence-electron chi connectivity index (χ2n) is 7.55. The van der Waals surface area contributed by atoms with Crippen molar-refractivity contribution in [1.29, 1.82) is 5.41 Å². The van der Waals surface area contributed by atoms with Gasteiger partial charge >= 0.3 is 6.61 Å². The molecule has 0 aromatic carbocycles. The zero-order valence-corrected chi connectivity index (χ0v) is 17.3. The lowest BCUT2D eigenvalue weighted by atomic mass is 9.83. The van der Waals surface area contributed by atoms with Crippen molar-refractivity contribution in [2.24, 2.45) is 5.92 Å². The van der Waals surface area contributed by atoms with E-state index in [1.54, 1.807) is 17.8 Å². The third kappa shape index (κ3) is 4.61. The number of nitrogens with zero attached hydrogens (tertiary/aromatic N) is 5. The number of aromatic nitrogens is 5. The molecule has 4 rings (SSSR count). The highest BCUT2D eigenvalue weighted by atomic mass is 19.3. The number of hydrogen-bond donors (Lipinski definition) is 3. The van der Waals surface area contributed by atoms with Crippen LogP contribution < -0.4 is 10.6 Å². The molecular formula is C20H24F2N8O. The molecule has 1 aliphatic carbocycles. The van der Waals surface area contributed by atoms with Crippen molar-refractivity contribution in [2.45, 2.75) is 45.3 Å². The monoisotopic (exact) mass is 430 g/mol. The Morgan fingerprint density at radius 3 is 2.71 bits per heavy atom. The molecule has 0 spiro atoms. The van der Waals surface area contributed by atoms with Crippen molar-refractivity contribution >= 4 is 28.7 Å². The number of halogens is 2. The van der Waals surface area contributed by atoms with E-state index in [1.165, 1.54) is 6.33 Å². The minimum absolute atomic E-state index is 0.0689. The largest absolute Gasteiger partial charge is 0.385 e. The Hall–Kier alpha value is -3.21. The van der Waals surface area contributed by atoms with Gasteiger partial charge in [-0.1, -0.05) is 0 Å². The molecular weight excluding hydrogens is 406 g/mol. The van der Waals surface area contributed by atoms with Crippen LogP contribution in [0.15, 0.2) is 24.8 Å². The molecule has 0 amide bonds. The van der Waals surface area contributed by atoms with E-state index in [0.717, 1.165) is 16.9 Å². The van der Waals surface area contributed by atoms with Crippen molar-refractivity contribution in [1.82, 2.24) is 24.6 Å². The zero-order valence-electron chi connectivity index (χ0n) is 17.3. The highest BCUT2D eigenvalue weighted by Gasteiger charge is 2.28. The highest BCUT2D eigenvalue weighted by Crippen LogP contribution is 2.31. The van der Waals surface area contributed by atoms with Crippen molar-refractivity contribution in [3.05, 3.63) is 36.0 Å². The number of rotatable bonds is 7. The van der Waals surface area contributed by atoms with Crippen LogP contribution in [0.3, 0.4) is 0 Å². The van der Waals surface area contributed by atoms with Crippen LogP contribution in [0.4, 0.5) is 26.1 Å². The number of anilines is 3. The molecule has 1 aliphatic rings. The van der Waals surface area contributed by atoms with Crippen LogP contribution in [0.2, 0.25) is 0 Å². The van der Waals surface area contributed by atoms with E-state index in [1.807, 2.05) is 19.2 Å². The van der Waals surface area contributed by atoms with Gasteiger partial charge in [-0.25, -0.2) is 19.5 Å². The van der Waals surface area contributed by atoms with Crippen molar-refractivity contribution in [2.75, 3.05) is 17.7 Å². The third-order valence-corrected chi connectivity index (χ3v) is 5.56. The van der Waals surface area contributed by atoms with Gasteiger partial charge in [-0.05, 0) is 44.2 Å². The fourth-order valence-corrected chi connectivity index (χ4v) is 3.87. The molecule has 31 heavy (non-hydrogen) atoms. The molecule has 0 atom stereocenters. The van der Waals surface area contributed by atoms with E-state index in [-0.39, 0.29) is 5.92 Å². The first-order chi connectivity index (χ1) is 14.9. The molecule has 0 aliphatic heterocycles. The van der Waals surface area contributed by atoms with Crippen molar-refractivity contribution < 1.29 is 13.5 Å². The summed E-state index contributed by atoms with van der Waals surface area (Å²) in [5.41, 5.74) is 3.98. The normalized spacial score (nSPS) is 19.0. The maximum absolute atomic E-state index is 12.5. The summed E-state index contributed by atoms with van der Waals surface area (Å²) in [5, 5.41) is 19.1. The Kier molecular flexibility index (Phi) is 6.03. The fourth-order valence-electron chi connectivity index (χ4n) is 3.87. The average molecular weight is 430 g/mol. The maximum Gasteiger partial charge on any atom is 0.345 e. The minimum atomic E-state index is -2.76. The number of fused-ring (bicyclic) bond motifs is 1. The first-order valence-electron chi connectivity index (χ1n) is 10.1. The predicted octanol–water partition coefficient (Wildman–Crippen LogP) is 3.78. The Labute approximate surface area is 177 Å². The molecule has 0 radical (unpaired) electrons. The molecule has 3 aromatic heterocycles. The van der Waals surface area contributed by atoms with Crippen LogP contribution in [-0.4, -0.2) is 50.0 Å². The maximum atomic E-state index is 12.5. The Morgan fingerprint density at radius 1 is 1.23 bits per heavy atom. The fraction of sp³-hybridized carbons (Fsp3) is 0.450. The SMILES string of the molecule is CNc1cnc(Nc2cn3ncnc3cc2C)nc1C(=N)C1CCC(OC(F)F)CC1. The molecule has 164 valence electrons. The van der Waals surface area contributed by atoms with Crippen LogP contribution in [0.1, 0.15) is 36.9 Å². The van der Waals surface area contributed by atoms with Crippen molar-refractivity contribution in [3.8, 4) is 0 Å². The summed E-state index contributed by atoms with van der Waals surface area (Å²) in [4.78, 5) is 13.1. The molecule has 0 unspecified atom stereocenters. The van der Waals surface area contributed by atoms with Gasteiger partial charge in [-0.3, -0.25) is 0 Å². The van der Waals surface area contributed by atoms with Crippen molar-refractivity contribution in [3.63, 3.8) is 0 Å². The van der Waals surface area contributed by atoms with Gasteiger partial charge in [0.05, 0.1) is 35.6 Å². The standard InChI is InChI=1S/C20H24F2N8O/c1-11-7-16-26-10-27-30(16)9-15(11)28-20-25-8-14(24-2)18(29-20)17(23)12-3-5-13(6-4-12)31-19(21)22/h7-10,12-13,19,23-24H,3-6H2,1-2H3,(H,25,28,29). The number of ether oxygens (including phenoxy) is 1. The zero-order chi connectivity index (χ0) is 22.0. The topological polar surface area (TPSA) is 113 Å². The van der Waals surface area contributed by atoms with E-state index in [0.29, 0.717) is 48.7 Å². The summed E-state index contributed by atoms with van der Waals surface area (Å²) in [6.07, 6.45) is 6.68. The number of aryl methyl sites for hydroxylation is 1. The van der Waals surface area contributed by atoms with Gasteiger partial charge in [0.2, 0.25) is 5.95 Å². The average Bonchev–Trinajstić information content (AvgIpc) is 3.20. The van der Waals surface area contributed by atoms with Crippen LogP contribution in [0.5, 0.6) is 0 Å². The number of nitrogens with one attached hydrogen (secondary N) is 3. The Bertz CT molecular complexity index is 1080. The number of pyridine rings is 1. The summed E-state index contributed by atoms with van der Waals surface area (Å²) in [5.74, 6) is 0.289. The van der Waals surface area contributed by atoms with Gasteiger partial charge in [0.1, 0.15) is 12.0 Å². The van der Waals surface area contributed by atoms with E-state index in [4.69, 9.17) is 5.41 Å². The lowest BCUT2D eigenvalue weighted by molar-refractivity contribution is -0.170. The third-order valence-electron chi connectivity index (χ3n) is 5.56. The summed E-state index contributed by atoms with van der Waals surface area (Å²) in [7, 11) is 1.75.